The van der Waals surface area contributed by atoms with E-state index in [9.17, 15) is 9.90 Å². The maximum absolute atomic E-state index is 13.5. The van der Waals surface area contributed by atoms with Gasteiger partial charge >= 0.3 is 0 Å². The number of fused-ring (bicyclic) bond motifs is 3. The molecule has 6 rings (SSSR count). The average Bonchev–Trinajstić information content (AvgIpc) is 3.47. The first-order chi connectivity index (χ1) is 19.4. The Labute approximate surface area is 237 Å². The Kier molecular flexibility index (Phi) is 7.18. The number of aliphatic hydroxyl groups is 1. The van der Waals surface area contributed by atoms with Crippen LogP contribution in [0, 0.1) is 12.8 Å². The predicted octanol–water partition coefficient (Wildman–Crippen LogP) is 6.87. The molecule has 1 amide bonds. The molecule has 3 aromatic rings. The lowest BCUT2D eigenvalue weighted by Crippen LogP contribution is -2.48. The predicted molar refractivity (Wildman–Crippen MR) is 162 cm³/mol. The number of hydrogen-bond donors (Lipinski definition) is 2. The molecule has 5 nitrogen and oxygen atoms in total. The third-order valence-electron chi connectivity index (χ3n) is 9.67. The molecule has 1 fully saturated rings. The van der Waals surface area contributed by atoms with Gasteiger partial charge in [-0.1, -0.05) is 43.3 Å². The number of benzene rings is 2. The maximum Gasteiger partial charge on any atom is 0.255 e. The van der Waals surface area contributed by atoms with Crippen LogP contribution in [-0.4, -0.2) is 34.4 Å². The number of amides is 1. The van der Waals surface area contributed by atoms with Crippen molar-refractivity contribution in [2.75, 3.05) is 11.9 Å². The summed E-state index contributed by atoms with van der Waals surface area (Å²) in [5.74, 6) is 0.311. The van der Waals surface area contributed by atoms with Crippen LogP contribution in [0.4, 0.5) is 5.69 Å². The molecular weight excluding hydrogens is 494 g/mol. The van der Waals surface area contributed by atoms with Crippen molar-refractivity contribution >= 4 is 23.4 Å². The molecule has 0 saturated heterocycles. The van der Waals surface area contributed by atoms with Crippen LogP contribution in [0.5, 0.6) is 0 Å². The molecule has 0 unspecified atom stereocenters. The highest BCUT2D eigenvalue weighted by atomic mass is 16.3. The molecule has 3 atom stereocenters. The van der Waals surface area contributed by atoms with Crippen LogP contribution in [-0.2, 0) is 18.3 Å². The van der Waals surface area contributed by atoms with Crippen molar-refractivity contribution in [2.24, 2.45) is 10.9 Å². The molecule has 2 N–H and O–H groups in total. The first-order valence-electron chi connectivity index (χ1n) is 14.8. The lowest BCUT2D eigenvalue weighted by molar-refractivity contribution is -0.0497. The smallest absolute Gasteiger partial charge is 0.255 e. The van der Waals surface area contributed by atoms with Crippen molar-refractivity contribution in [3.05, 3.63) is 100 Å². The zero-order chi connectivity index (χ0) is 27.7. The minimum atomic E-state index is -0.571. The fourth-order valence-electron chi connectivity index (χ4n) is 7.30. The molecule has 1 saturated carbocycles. The van der Waals surface area contributed by atoms with Crippen LogP contribution < -0.4 is 5.32 Å². The SMILES string of the molecule is CC[C@@]1(O)CC[C@@]2(Cc3ccccc3)c3ccc(C(=O)Nc4ccc(C5=CC=NC5)nc4C)cc3CCC[C@H]2C1. The molecule has 3 aliphatic rings. The Morgan fingerprint density at radius 3 is 2.70 bits per heavy atom. The van der Waals surface area contributed by atoms with E-state index < -0.39 is 5.60 Å². The van der Waals surface area contributed by atoms with E-state index in [4.69, 9.17) is 4.98 Å². The van der Waals surface area contributed by atoms with E-state index in [1.54, 1.807) is 0 Å². The lowest BCUT2D eigenvalue weighted by Gasteiger charge is -2.50. The van der Waals surface area contributed by atoms with Crippen molar-refractivity contribution in [3.8, 4) is 0 Å². The van der Waals surface area contributed by atoms with Crippen molar-refractivity contribution in [1.82, 2.24) is 4.98 Å². The molecule has 2 heterocycles. The Balaban J connectivity index is 1.30. The number of anilines is 1. The molecule has 40 heavy (non-hydrogen) atoms. The van der Waals surface area contributed by atoms with E-state index in [1.165, 1.54) is 16.7 Å². The fraction of sp³-hybridized carbons (Fsp3) is 0.400. The van der Waals surface area contributed by atoms with Crippen LogP contribution >= 0.6 is 0 Å². The second-order valence-corrected chi connectivity index (χ2v) is 12.0. The van der Waals surface area contributed by atoms with E-state index in [1.807, 2.05) is 37.4 Å². The third kappa shape index (κ3) is 5.03. The first-order valence-corrected chi connectivity index (χ1v) is 14.8. The van der Waals surface area contributed by atoms with E-state index >= 15 is 0 Å². The molecule has 2 aliphatic carbocycles. The van der Waals surface area contributed by atoms with Crippen molar-refractivity contribution in [2.45, 2.75) is 76.2 Å². The van der Waals surface area contributed by atoms with Gasteiger partial charge in [-0.2, -0.15) is 0 Å². The van der Waals surface area contributed by atoms with Gasteiger partial charge in [-0.25, -0.2) is 0 Å². The summed E-state index contributed by atoms with van der Waals surface area (Å²) in [6.45, 7) is 4.70. The number of carbonyl (C=O) groups is 1. The number of aromatic nitrogens is 1. The van der Waals surface area contributed by atoms with Gasteiger partial charge in [0.2, 0.25) is 0 Å². The monoisotopic (exact) mass is 533 g/mol. The zero-order valence-electron chi connectivity index (χ0n) is 23.6. The summed E-state index contributed by atoms with van der Waals surface area (Å²) >= 11 is 0. The van der Waals surface area contributed by atoms with Crippen LogP contribution in [0.3, 0.4) is 0 Å². The quantitative estimate of drug-likeness (QED) is 0.363. The number of nitrogens with one attached hydrogen (secondary N) is 1. The molecule has 2 aromatic carbocycles. The van der Waals surface area contributed by atoms with Gasteiger partial charge < -0.3 is 10.4 Å². The molecule has 1 aromatic heterocycles. The summed E-state index contributed by atoms with van der Waals surface area (Å²) in [6.07, 6.45) is 11.3. The average molecular weight is 534 g/mol. The van der Waals surface area contributed by atoms with E-state index in [-0.39, 0.29) is 11.3 Å². The van der Waals surface area contributed by atoms with E-state index in [2.05, 4.69) is 59.7 Å². The first kappa shape index (κ1) is 26.6. The Bertz CT molecular complexity index is 1480. The minimum absolute atomic E-state index is 0.0292. The van der Waals surface area contributed by atoms with Gasteiger partial charge in [0, 0.05) is 22.8 Å². The van der Waals surface area contributed by atoms with Gasteiger partial charge in [0.25, 0.3) is 5.91 Å². The summed E-state index contributed by atoms with van der Waals surface area (Å²) in [5, 5.41) is 14.4. The third-order valence-corrected chi connectivity index (χ3v) is 9.67. The van der Waals surface area contributed by atoms with Crippen molar-refractivity contribution < 1.29 is 9.90 Å². The van der Waals surface area contributed by atoms with Gasteiger partial charge in [0.05, 0.1) is 29.2 Å². The van der Waals surface area contributed by atoms with Gasteiger partial charge in [-0.3, -0.25) is 14.8 Å². The number of carbonyl (C=O) groups excluding carboxylic acids is 1. The second kappa shape index (κ2) is 10.8. The summed E-state index contributed by atoms with van der Waals surface area (Å²) in [4.78, 5) is 22.4. The molecule has 1 aliphatic heterocycles. The Morgan fingerprint density at radius 2 is 1.95 bits per heavy atom. The Hall–Kier alpha value is -3.57. The summed E-state index contributed by atoms with van der Waals surface area (Å²) in [6, 6.07) is 21.0. The zero-order valence-corrected chi connectivity index (χ0v) is 23.6. The highest BCUT2D eigenvalue weighted by Crippen LogP contribution is 2.54. The molecule has 206 valence electrons. The number of nitrogens with zero attached hydrogens (tertiary/aromatic N) is 2. The molecular formula is C35H39N3O2. The number of pyridine rings is 1. The number of rotatable bonds is 6. The maximum atomic E-state index is 13.5. The number of hydrogen-bond acceptors (Lipinski definition) is 4. The lowest BCUT2D eigenvalue weighted by atomic mass is 9.55. The Morgan fingerprint density at radius 1 is 1.10 bits per heavy atom. The second-order valence-electron chi connectivity index (χ2n) is 12.0. The van der Waals surface area contributed by atoms with Crippen LogP contribution in [0.15, 0.2) is 71.7 Å². The number of aryl methyl sites for hydroxylation is 2. The summed E-state index contributed by atoms with van der Waals surface area (Å²) in [7, 11) is 0. The molecule has 0 bridgehead atoms. The molecule has 0 spiro atoms. The van der Waals surface area contributed by atoms with E-state index in [0.29, 0.717) is 18.0 Å². The van der Waals surface area contributed by atoms with Gasteiger partial charge in [0.15, 0.2) is 0 Å². The van der Waals surface area contributed by atoms with Gasteiger partial charge in [-0.05, 0) is 111 Å². The van der Waals surface area contributed by atoms with Gasteiger partial charge in [-0.15, -0.1) is 0 Å². The number of allylic oxidation sites excluding steroid dienone is 1. The number of aliphatic imine (C=N–C) groups is 1. The fourth-order valence-corrected chi connectivity index (χ4v) is 7.30. The van der Waals surface area contributed by atoms with Crippen molar-refractivity contribution in [1.29, 1.82) is 0 Å². The van der Waals surface area contributed by atoms with Gasteiger partial charge in [0.1, 0.15) is 0 Å². The highest BCUT2D eigenvalue weighted by molar-refractivity contribution is 6.04. The van der Waals surface area contributed by atoms with E-state index in [0.717, 1.165) is 74.0 Å². The van der Waals surface area contributed by atoms with Crippen molar-refractivity contribution in [3.63, 3.8) is 0 Å². The largest absolute Gasteiger partial charge is 0.390 e. The molecule has 5 heteroatoms. The van der Waals surface area contributed by atoms with Crippen LogP contribution in [0.1, 0.15) is 83.9 Å². The van der Waals surface area contributed by atoms with Crippen LogP contribution in [0.25, 0.3) is 5.57 Å². The topological polar surface area (TPSA) is 74.6 Å². The standard InChI is InChI=1S/C35H39N3O2/c1-3-34(40)17-18-35(21-25-8-5-4-6-9-25)29(22-34)11-7-10-26-20-27(12-13-30(26)35)33(39)38-31-14-15-32(37-24(31)2)28-16-19-36-23-28/h4-6,8-9,12-16,19-20,29,40H,3,7,10-11,17-18,21-23H2,1-2H3,(H,38,39)/t29-,34+,35-/m0/s1. The summed E-state index contributed by atoms with van der Waals surface area (Å²) < 4.78 is 0. The van der Waals surface area contributed by atoms with Crippen LogP contribution in [0.2, 0.25) is 0 Å². The molecule has 0 radical (unpaired) electrons. The minimum Gasteiger partial charge on any atom is -0.390 e. The normalized spacial score (nSPS) is 25.5. The highest BCUT2D eigenvalue weighted by Gasteiger charge is 2.50. The summed E-state index contributed by atoms with van der Waals surface area (Å²) in [5.41, 5.74) is 7.61.